The third-order valence-corrected chi connectivity index (χ3v) is 6.68. The molecule has 0 spiro atoms. The van der Waals surface area contributed by atoms with Gasteiger partial charge in [-0.1, -0.05) is 48.3 Å². The molecule has 1 aliphatic heterocycles. The minimum atomic E-state index is -1.04. The molecule has 1 saturated heterocycles. The molecular weight excluding hydrogens is 505 g/mol. The van der Waals surface area contributed by atoms with Crippen LogP contribution in [-0.4, -0.2) is 36.1 Å². The van der Waals surface area contributed by atoms with Crippen molar-refractivity contribution in [1.29, 1.82) is 0 Å². The summed E-state index contributed by atoms with van der Waals surface area (Å²) in [6, 6.07) is 13.4. The highest BCUT2D eigenvalue weighted by atomic mass is 35.5. The lowest BCUT2D eigenvalue weighted by Crippen LogP contribution is -2.29. The second kappa shape index (κ2) is 10.1. The van der Waals surface area contributed by atoms with E-state index in [9.17, 15) is 19.8 Å². The van der Waals surface area contributed by atoms with E-state index in [1.54, 1.807) is 12.1 Å². The smallest absolute Gasteiger partial charge is 0.300 e. The Morgan fingerprint density at radius 3 is 2.19 bits per heavy atom. The van der Waals surface area contributed by atoms with E-state index < -0.39 is 23.5 Å². The van der Waals surface area contributed by atoms with Crippen molar-refractivity contribution in [1.82, 2.24) is 0 Å². The van der Waals surface area contributed by atoms with Gasteiger partial charge in [0.1, 0.15) is 23.0 Å². The van der Waals surface area contributed by atoms with Gasteiger partial charge in [-0.2, -0.15) is 0 Å². The fourth-order valence-corrected chi connectivity index (χ4v) is 4.62. The zero-order valence-electron chi connectivity index (χ0n) is 19.7. The number of hydrogen-bond acceptors (Lipinski definition) is 6. The Kier molecular flexibility index (Phi) is 7.15. The Morgan fingerprint density at radius 1 is 0.944 bits per heavy atom. The predicted octanol–water partition coefficient (Wildman–Crippen LogP) is 5.90. The van der Waals surface area contributed by atoms with E-state index in [1.807, 2.05) is 19.1 Å². The van der Waals surface area contributed by atoms with E-state index in [4.69, 9.17) is 32.7 Å². The van der Waals surface area contributed by atoms with Gasteiger partial charge in [-0.05, 0) is 47.9 Å². The van der Waals surface area contributed by atoms with Crippen molar-refractivity contribution in [2.24, 2.45) is 0 Å². The SMILES string of the molecule is CCc1ccc(N2C(=O)C(=O)/C(=C(/O)c3cc(Cl)c(OC)cc3OC)C2c2ccc(O)c(Cl)c2)cc1. The molecule has 1 unspecified atom stereocenters. The number of amides is 1. The first-order valence-electron chi connectivity index (χ1n) is 11.0. The second-order valence-electron chi connectivity index (χ2n) is 8.09. The van der Waals surface area contributed by atoms with E-state index in [-0.39, 0.29) is 32.7 Å². The van der Waals surface area contributed by atoms with Crippen LogP contribution in [0, 0.1) is 0 Å². The van der Waals surface area contributed by atoms with Crippen LogP contribution in [0.4, 0.5) is 5.69 Å². The molecule has 3 aromatic carbocycles. The summed E-state index contributed by atoms with van der Waals surface area (Å²) in [7, 11) is 2.83. The Balaban J connectivity index is 1.99. The fourth-order valence-electron chi connectivity index (χ4n) is 4.19. The van der Waals surface area contributed by atoms with Gasteiger partial charge in [0.2, 0.25) is 0 Å². The maximum atomic E-state index is 13.4. The summed E-state index contributed by atoms with van der Waals surface area (Å²) in [5.41, 5.74) is 1.86. The number of nitrogens with zero attached hydrogens (tertiary/aromatic N) is 1. The molecule has 1 fully saturated rings. The van der Waals surface area contributed by atoms with Gasteiger partial charge in [0.25, 0.3) is 11.7 Å². The number of aliphatic hydroxyl groups is 1. The number of anilines is 1. The molecule has 4 rings (SSSR count). The van der Waals surface area contributed by atoms with Gasteiger partial charge in [0, 0.05) is 11.8 Å². The van der Waals surface area contributed by atoms with Crippen LogP contribution < -0.4 is 14.4 Å². The first-order chi connectivity index (χ1) is 17.2. The first kappa shape index (κ1) is 25.4. The molecule has 7 nitrogen and oxygen atoms in total. The van der Waals surface area contributed by atoms with Gasteiger partial charge >= 0.3 is 0 Å². The van der Waals surface area contributed by atoms with Gasteiger partial charge in [-0.15, -0.1) is 0 Å². The molecule has 2 N–H and O–H groups in total. The molecule has 1 aliphatic rings. The Morgan fingerprint density at radius 2 is 1.61 bits per heavy atom. The summed E-state index contributed by atoms with van der Waals surface area (Å²) < 4.78 is 10.6. The fraction of sp³-hybridized carbons (Fsp3) is 0.185. The predicted molar refractivity (Wildman–Crippen MR) is 138 cm³/mol. The number of aryl methyl sites for hydroxylation is 1. The maximum Gasteiger partial charge on any atom is 0.300 e. The number of halogens is 2. The maximum absolute atomic E-state index is 13.4. The number of rotatable bonds is 6. The number of methoxy groups -OCH3 is 2. The van der Waals surface area contributed by atoms with Crippen molar-refractivity contribution in [2.45, 2.75) is 19.4 Å². The highest BCUT2D eigenvalue weighted by molar-refractivity contribution is 6.51. The second-order valence-corrected chi connectivity index (χ2v) is 8.90. The van der Waals surface area contributed by atoms with Gasteiger partial charge in [0.15, 0.2) is 0 Å². The van der Waals surface area contributed by atoms with Gasteiger partial charge in [0.05, 0.1) is 41.4 Å². The summed E-state index contributed by atoms with van der Waals surface area (Å²) in [6.45, 7) is 2.01. The van der Waals surface area contributed by atoms with Gasteiger partial charge in [-0.25, -0.2) is 0 Å². The summed E-state index contributed by atoms with van der Waals surface area (Å²) in [4.78, 5) is 28.0. The minimum absolute atomic E-state index is 0.0319. The van der Waals surface area contributed by atoms with Crippen LogP contribution in [0.1, 0.15) is 29.7 Å². The highest BCUT2D eigenvalue weighted by Gasteiger charge is 2.47. The Hall–Kier alpha value is -3.68. The molecule has 1 heterocycles. The number of phenols is 1. The van der Waals surface area contributed by atoms with Crippen LogP contribution in [0.25, 0.3) is 5.76 Å². The third-order valence-electron chi connectivity index (χ3n) is 6.08. The zero-order valence-corrected chi connectivity index (χ0v) is 21.2. The number of aromatic hydroxyl groups is 1. The minimum Gasteiger partial charge on any atom is -0.507 e. The van der Waals surface area contributed by atoms with Crippen LogP contribution in [0.15, 0.2) is 60.2 Å². The van der Waals surface area contributed by atoms with E-state index in [2.05, 4.69) is 0 Å². The van der Waals surface area contributed by atoms with Gasteiger partial charge < -0.3 is 19.7 Å². The van der Waals surface area contributed by atoms with Crippen LogP contribution in [-0.2, 0) is 16.0 Å². The number of Topliss-reactive ketones (excluding diaryl/α,β-unsaturated/α-hetero) is 1. The number of benzene rings is 3. The molecule has 1 amide bonds. The Labute approximate surface area is 218 Å². The largest absolute Gasteiger partial charge is 0.507 e. The third kappa shape index (κ3) is 4.36. The first-order valence-corrected chi connectivity index (χ1v) is 11.8. The van der Waals surface area contributed by atoms with Crippen LogP contribution >= 0.6 is 23.2 Å². The number of ketones is 1. The molecule has 3 aromatic rings. The highest BCUT2D eigenvalue weighted by Crippen LogP contribution is 2.45. The van der Waals surface area contributed by atoms with Gasteiger partial charge in [-0.3, -0.25) is 14.5 Å². The molecule has 9 heteroatoms. The van der Waals surface area contributed by atoms with Crippen LogP contribution in [0.2, 0.25) is 10.0 Å². The van der Waals surface area contributed by atoms with Crippen molar-refractivity contribution >= 4 is 46.3 Å². The standard InChI is InChI=1S/C27H23Cl2NO6/c1-4-14-5-8-16(9-6-14)30-24(15-7-10-20(31)18(28)11-15)23(26(33)27(30)34)25(32)17-12-19(29)22(36-3)13-21(17)35-2/h5-13,24,31-32H,4H2,1-3H3/b25-23+. The lowest BCUT2D eigenvalue weighted by Gasteiger charge is -2.26. The van der Waals surface area contributed by atoms with Crippen molar-refractivity contribution < 1.29 is 29.3 Å². The molecule has 1 atom stereocenters. The molecule has 36 heavy (non-hydrogen) atoms. The number of aliphatic hydroxyl groups excluding tert-OH is 1. The Bertz CT molecular complexity index is 1380. The van der Waals surface area contributed by atoms with Crippen LogP contribution in [0.3, 0.4) is 0 Å². The van der Waals surface area contributed by atoms with E-state index >= 15 is 0 Å². The van der Waals surface area contributed by atoms with E-state index in [0.29, 0.717) is 17.0 Å². The zero-order chi connectivity index (χ0) is 26.1. The summed E-state index contributed by atoms with van der Waals surface area (Å²) >= 11 is 12.5. The average molecular weight is 528 g/mol. The monoisotopic (exact) mass is 527 g/mol. The normalized spacial score (nSPS) is 16.9. The molecule has 0 aliphatic carbocycles. The number of hydrogen-bond donors (Lipinski definition) is 2. The van der Waals surface area contributed by atoms with Crippen molar-refractivity contribution in [3.05, 3.63) is 86.9 Å². The average Bonchev–Trinajstić information content (AvgIpc) is 3.15. The lowest BCUT2D eigenvalue weighted by atomic mass is 9.94. The molecule has 0 saturated carbocycles. The lowest BCUT2D eigenvalue weighted by molar-refractivity contribution is -0.132. The van der Waals surface area contributed by atoms with E-state index in [0.717, 1.165) is 12.0 Å². The number of carbonyl (C=O) groups excluding carboxylic acids is 2. The molecule has 186 valence electrons. The van der Waals surface area contributed by atoms with Crippen molar-refractivity contribution in [3.8, 4) is 17.2 Å². The summed E-state index contributed by atoms with van der Waals surface area (Å²) in [6.07, 6.45) is 0.800. The van der Waals surface area contributed by atoms with Crippen molar-refractivity contribution in [3.63, 3.8) is 0 Å². The molecular formula is C27H23Cl2NO6. The molecule has 0 aromatic heterocycles. The van der Waals surface area contributed by atoms with Crippen LogP contribution in [0.5, 0.6) is 17.2 Å². The summed E-state index contributed by atoms with van der Waals surface area (Å²) in [5.74, 6) is -1.85. The van der Waals surface area contributed by atoms with Crippen molar-refractivity contribution in [2.75, 3.05) is 19.1 Å². The number of carbonyl (C=O) groups is 2. The molecule has 0 radical (unpaired) electrons. The topological polar surface area (TPSA) is 96.3 Å². The van der Waals surface area contributed by atoms with E-state index in [1.165, 1.54) is 49.5 Å². The number of ether oxygens (including phenoxy) is 2. The quantitative estimate of drug-likeness (QED) is 0.235. The number of phenolic OH excluding ortho intramolecular Hbond substituents is 1. The molecule has 0 bridgehead atoms. The summed E-state index contributed by atoms with van der Waals surface area (Å²) in [5, 5.41) is 21.6.